The molecule has 0 bridgehead atoms. The van der Waals surface area contributed by atoms with Crippen LogP contribution in [0.5, 0.6) is 0 Å². The Labute approximate surface area is 128 Å². The lowest BCUT2D eigenvalue weighted by Crippen LogP contribution is -2.40. The van der Waals surface area contributed by atoms with Crippen LogP contribution in [0.2, 0.25) is 5.02 Å². The molecule has 6 nitrogen and oxygen atoms in total. The Kier molecular flexibility index (Phi) is 4.67. The number of nitrogens with two attached hydrogens (primary N) is 1. The Morgan fingerprint density at radius 1 is 1.57 bits per heavy atom. The summed E-state index contributed by atoms with van der Waals surface area (Å²) < 4.78 is 0. The van der Waals surface area contributed by atoms with E-state index in [2.05, 4.69) is 6.92 Å². The van der Waals surface area contributed by atoms with Crippen LogP contribution in [0.25, 0.3) is 0 Å². The molecule has 2 rings (SSSR count). The monoisotopic (exact) mass is 311 g/mol. The summed E-state index contributed by atoms with van der Waals surface area (Å²) in [6, 6.07) is 2.37. The van der Waals surface area contributed by atoms with Gasteiger partial charge < -0.3 is 10.6 Å². The molecule has 1 saturated heterocycles. The molecular weight excluding hydrogens is 294 g/mol. The SMILES string of the molecule is CCC1CCCN(C(=O)c2cc([N+](=O)[O-])cc(Cl)c2N)C1. The van der Waals surface area contributed by atoms with Gasteiger partial charge in [-0.05, 0) is 18.8 Å². The van der Waals surface area contributed by atoms with Gasteiger partial charge in [-0.2, -0.15) is 0 Å². The number of nitrogen functional groups attached to an aromatic ring is 1. The molecule has 21 heavy (non-hydrogen) atoms. The van der Waals surface area contributed by atoms with E-state index in [4.69, 9.17) is 17.3 Å². The molecule has 1 amide bonds. The highest BCUT2D eigenvalue weighted by Crippen LogP contribution is 2.31. The van der Waals surface area contributed by atoms with Crippen molar-refractivity contribution in [2.24, 2.45) is 5.92 Å². The van der Waals surface area contributed by atoms with Gasteiger partial charge in [-0.1, -0.05) is 24.9 Å². The Morgan fingerprint density at radius 3 is 2.90 bits per heavy atom. The minimum Gasteiger partial charge on any atom is -0.397 e. The van der Waals surface area contributed by atoms with Crippen LogP contribution in [0, 0.1) is 16.0 Å². The van der Waals surface area contributed by atoms with E-state index in [0.717, 1.165) is 19.3 Å². The Balaban J connectivity index is 2.32. The fraction of sp³-hybridized carbons (Fsp3) is 0.500. The van der Waals surface area contributed by atoms with E-state index in [9.17, 15) is 14.9 Å². The van der Waals surface area contributed by atoms with E-state index in [-0.39, 0.29) is 27.9 Å². The number of hydrogen-bond donors (Lipinski definition) is 1. The van der Waals surface area contributed by atoms with Crippen molar-refractivity contribution in [3.63, 3.8) is 0 Å². The Morgan fingerprint density at radius 2 is 2.29 bits per heavy atom. The van der Waals surface area contributed by atoms with Gasteiger partial charge in [0.15, 0.2) is 0 Å². The highest BCUT2D eigenvalue weighted by Gasteiger charge is 2.27. The number of benzene rings is 1. The lowest BCUT2D eigenvalue weighted by atomic mass is 9.95. The molecule has 114 valence electrons. The molecule has 0 aliphatic carbocycles. The first-order chi connectivity index (χ1) is 9.93. The number of carbonyl (C=O) groups is 1. The van der Waals surface area contributed by atoms with E-state index in [0.29, 0.717) is 19.0 Å². The highest BCUT2D eigenvalue weighted by atomic mass is 35.5. The molecule has 1 aromatic carbocycles. The van der Waals surface area contributed by atoms with Crippen molar-refractivity contribution in [1.82, 2.24) is 4.90 Å². The van der Waals surface area contributed by atoms with Crippen molar-refractivity contribution in [2.75, 3.05) is 18.8 Å². The summed E-state index contributed by atoms with van der Waals surface area (Å²) in [5.74, 6) is 0.189. The summed E-state index contributed by atoms with van der Waals surface area (Å²) in [5.41, 5.74) is 5.82. The van der Waals surface area contributed by atoms with Gasteiger partial charge in [-0.15, -0.1) is 0 Å². The first-order valence-electron chi connectivity index (χ1n) is 6.96. The summed E-state index contributed by atoms with van der Waals surface area (Å²) in [4.78, 5) is 24.6. The second-order valence-electron chi connectivity index (χ2n) is 5.31. The molecule has 1 aromatic rings. The van der Waals surface area contributed by atoms with Crippen molar-refractivity contribution in [3.05, 3.63) is 32.8 Å². The fourth-order valence-corrected chi connectivity index (χ4v) is 2.85. The molecule has 1 aliphatic rings. The zero-order valence-electron chi connectivity index (χ0n) is 11.8. The predicted octanol–water partition coefficient (Wildman–Crippen LogP) is 3.09. The number of halogens is 1. The fourth-order valence-electron chi connectivity index (χ4n) is 2.64. The summed E-state index contributed by atoms with van der Waals surface area (Å²) in [6.45, 7) is 3.40. The summed E-state index contributed by atoms with van der Waals surface area (Å²) in [7, 11) is 0. The van der Waals surface area contributed by atoms with Gasteiger partial charge in [0.2, 0.25) is 0 Å². The van der Waals surface area contributed by atoms with E-state index < -0.39 is 4.92 Å². The number of nitro benzene ring substituents is 1. The van der Waals surface area contributed by atoms with E-state index in [1.807, 2.05) is 0 Å². The maximum atomic E-state index is 12.6. The van der Waals surface area contributed by atoms with Gasteiger partial charge in [0.1, 0.15) is 0 Å². The van der Waals surface area contributed by atoms with Crippen molar-refractivity contribution < 1.29 is 9.72 Å². The number of carbonyl (C=O) groups excluding carboxylic acids is 1. The maximum Gasteiger partial charge on any atom is 0.271 e. The quantitative estimate of drug-likeness (QED) is 0.527. The third kappa shape index (κ3) is 3.26. The second kappa shape index (κ2) is 6.30. The van der Waals surface area contributed by atoms with Gasteiger partial charge in [0.25, 0.3) is 11.6 Å². The zero-order chi connectivity index (χ0) is 15.6. The van der Waals surface area contributed by atoms with Gasteiger partial charge in [0.05, 0.1) is 21.2 Å². The molecule has 2 N–H and O–H groups in total. The molecular formula is C14H18ClN3O3. The largest absolute Gasteiger partial charge is 0.397 e. The second-order valence-corrected chi connectivity index (χ2v) is 5.72. The van der Waals surface area contributed by atoms with Crippen LogP contribution in [0.3, 0.4) is 0 Å². The molecule has 0 aromatic heterocycles. The van der Waals surface area contributed by atoms with Crippen LogP contribution in [-0.4, -0.2) is 28.8 Å². The zero-order valence-corrected chi connectivity index (χ0v) is 12.6. The number of amides is 1. The number of piperidine rings is 1. The molecule has 0 radical (unpaired) electrons. The van der Waals surface area contributed by atoms with Gasteiger partial charge in [-0.25, -0.2) is 0 Å². The third-order valence-corrected chi connectivity index (χ3v) is 4.25. The lowest BCUT2D eigenvalue weighted by Gasteiger charge is -2.32. The predicted molar refractivity (Wildman–Crippen MR) is 81.4 cm³/mol. The minimum absolute atomic E-state index is 0.0385. The molecule has 0 spiro atoms. The molecule has 0 saturated carbocycles. The first kappa shape index (κ1) is 15.6. The molecule has 1 heterocycles. The maximum absolute atomic E-state index is 12.6. The summed E-state index contributed by atoms with van der Waals surface area (Å²) >= 11 is 5.90. The smallest absolute Gasteiger partial charge is 0.271 e. The molecule has 1 atom stereocenters. The van der Waals surface area contributed by atoms with Crippen LogP contribution < -0.4 is 5.73 Å². The molecule has 7 heteroatoms. The van der Waals surface area contributed by atoms with E-state index in [1.165, 1.54) is 12.1 Å². The average molecular weight is 312 g/mol. The number of nitro groups is 1. The highest BCUT2D eigenvalue weighted by molar-refractivity contribution is 6.34. The Hall–Kier alpha value is -1.82. The number of rotatable bonds is 3. The van der Waals surface area contributed by atoms with Gasteiger partial charge >= 0.3 is 0 Å². The third-order valence-electron chi connectivity index (χ3n) is 3.94. The number of anilines is 1. The van der Waals surface area contributed by atoms with Crippen molar-refractivity contribution >= 4 is 28.9 Å². The Bertz CT molecular complexity index is 577. The standard InChI is InChI=1S/C14H18ClN3O3/c1-2-9-4-3-5-17(8-9)14(19)11-6-10(18(20)21)7-12(15)13(11)16/h6-7,9H,2-5,8,16H2,1H3. The van der Waals surface area contributed by atoms with E-state index >= 15 is 0 Å². The molecule has 1 aliphatic heterocycles. The normalized spacial score (nSPS) is 18.6. The molecule has 1 fully saturated rings. The van der Waals surface area contributed by atoms with Crippen LogP contribution >= 0.6 is 11.6 Å². The number of non-ortho nitro benzene ring substituents is 1. The van der Waals surface area contributed by atoms with Crippen molar-refractivity contribution in [2.45, 2.75) is 26.2 Å². The number of nitrogens with zero attached hydrogens (tertiary/aromatic N) is 2. The first-order valence-corrected chi connectivity index (χ1v) is 7.34. The number of likely N-dealkylation sites (tertiary alicyclic amines) is 1. The van der Waals surface area contributed by atoms with Gasteiger partial charge in [-0.3, -0.25) is 14.9 Å². The lowest BCUT2D eigenvalue weighted by molar-refractivity contribution is -0.384. The summed E-state index contributed by atoms with van der Waals surface area (Å²) in [5, 5.41) is 10.9. The molecule has 1 unspecified atom stereocenters. The average Bonchev–Trinajstić information content (AvgIpc) is 2.49. The van der Waals surface area contributed by atoms with Crippen LogP contribution in [0.1, 0.15) is 36.5 Å². The van der Waals surface area contributed by atoms with Gasteiger partial charge in [0, 0.05) is 25.2 Å². The number of hydrogen-bond acceptors (Lipinski definition) is 4. The van der Waals surface area contributed by atoms with Crippen molar-refractivity contribution in [3.8, 4) is 0 Å². The topological polar surface area (TPSA) is 89.5 Å². The van der Waals surface area contributed by atoms with E-state index in [1.54, 1.807) is 4.90 Å². The van der Waals surface area contributed by atoms with Crippen molar-refractivity contribution in [1.29, 1.82) is 0 Å². The van der Waals surface area contributed by atoms with Crippen LogP contribution in [0.4, 0.5) is 11.4 Å². The van der Waals surface area contributed by atoms with Crippen LogP contribution in [-0.2, 0) is 0 Å². The van der Waals surface area contributed by atoms with Crippen LogP contribution in [0.15, 0.2) is 12.1 Å². The minimum atomic E-state index is -0.576. The summed E-state index contributed by atoms with van der Waals surface area (Å²) in [6.07, 6.45) is 3.05.